The fourth-order valence-electron chi connectivity index (χ4n) is 4.05. The first-order valence-electron chi connectivity index (χ1n) is 10.6. The Kier molecular flexibility index (Phi) is 6.65. The largest absolute Gasteiger partial charge is 0.507 e. The number of aryl methyl sites for hydroxylation is 1. The predicted octanol–water partition coefficient (Wildman–Crippen LogP) is 5.96. The molecular weight excluding hydrogens is 467 g/mol. The van der Waals surface area contributed by atoms with E-state index in [2.05, 4.69) is 0 Å². The van der Waals surface area contributed by atoms with Crippen LogP contribution in [0.5, 0.6) is 17.2 Å². The van der Waals surface area contributed by atoms with E-state index in [1.807, 2.05) is 26.0 Å². The topological polar surface area (TPSA) is 83.8 Å². The Morgan fingerprint density at radius 3 is 2.32 bits per heavy atom. The molecule has 0 heterocycles. The lowest BCUT2D eigenvalue weighted by Crippen LogP contribution is -2.06. The quantitative estimate of drug-likeness (QED) is 0.325. The van der Waals surface area contributed by atoms with Crippen molar-refractivity contribution in [2.24, 2.45) is 0 Å². The van der Waals surface area contributed by atoms with Gasteiger partial charge in [-0.3, -0.25) is 0 Å². The molecule has 1 atom stereocenters. The number of hydrogen-bond acceptors (Lipinski definition) is 5. The van der Waals surface area contributed by atoms with Crippen molar-refractivity contribution < 1.29 is 23.4 Å². The van der Waals surface area contributed by atoms with E-state index in [1.54, 1.807) is 60.7 Å². The van der Waals surface area contributed by atoms with Crippen molar-refractivity contribution in [1.29, 1.82) is 0 Å². The number of rotatable bonds is 6. The van der Waals surface area contributed by atoms with Gasteiger partial charge in [0, 0.05) is 24.3 Å². The summed E-state index contributed by atoms with van der Waals surface area (Å²) in [5, 5.41) is 23.7. The Hall–Kier alpha value is -3.34. The molecule has 174 valence electrons. The van der Waals surface area contributed by atoms with E-state index < -0.39 is 17.2 Å². The maximum absolute atomic E-state index is 13.5. The highest BCUT2D eigenvalue weighted by molar-refractivity contribution is 8.45. The number of benzene rings is 4. The number of phenolic OH excluding ortho intramolecular Hbond substituents is 2. The van der Waals surface area contributed by atoms with Crippen molar-refractivity contribution in [2.45, 2.75) is 18.7 Å². The number of hydrogen-bond donors (Lipinski definition) is 2. The fraction of sp³-hybridized carbons (Fsp3) is 0.111. The van der Waals surface area contributed by atoms with Crippen LogP contribution in [0.2, 0.25) is 0 Å². The fourth-order valence-corrected chi connectivity index (χ4v) is 7.87. The van der Waals surface area contributed by atoms with Crippen molar-refractivity contribution in [2.75, 3.05) is 7.11 Å². The second-order valence-electron chi connectivity index (χ2n) is 7.81. The second kappa shape index (κ2) is 9.49. The summed E-state index contributed by atoms with van der Waals surface area (Å²) in [5.74, 6) is 0.279. The summed E-state index contributed by atoms with van der Waals surface area (Å²) in [6, 6.07) is 18.7. The maximum Gasteiger partial charge on any atom is 0.199 e. The molecule has 0 aliphatic rings. The molecule has 4 aromatic carbocycles. The highest BCUT2D eigenvalue weighted by Gasteiger charge is 2.24. The third-order valence-corrected chi connectivity index (χ3v) is 9.61. The molecule has 0 fully saturated rings. The van der Waals surface area contributed by atoms with E-state index in [1.165, 1.54) is 13.2 Å². The van der Waals surface area contributed by atoms with Gasteiger partial charge < -0.3 is 14.9 Å². The van der Waals surface area contributed by atoms with Gasteiger partial charge in [-0.25, -0.2) is 8.42 Å². The molecular formula is C27H25O5PS. The van der Waals surface area contributed by atoms with Crippen LogP contribution in [0.1, 0.15) is 18.1 Å². The van der Waals surface area contributed by atoms with Crippen molar-refractivity contribution in [1.82, 2.24) is 0 Å². The van der Waals surface area contributed by atoms with Crippen LogP contribution in [0.3, 0.4) is 0 Å². The lowest BCUT2D eigenvalue weighted by molar-refractivity contribution is 0.403. The molecule has 0 bridgehead atoms. The number of ether oxygens (including phenoxy) is 1. The van der Waals surface area contributed by atoms with Crippen molar-refractivity contribution in [3.05, 3.63) is 83.9 Å². The molecule has 4 rings (SSSR count). The minimum Gasteiger partial charge on any atom is -0.507 e. The molecule has 0 spiro atoms. The van der Waals surface area contributed by atoms with Crippen LogP contribution in [0, 0.1) is 6.92 Å². The number of allylic oxidation sites excluding steroid dienone is 1. The standard InChI is InChI=1S/C27H25O5PS/c1-4-9-18-17(2)14-15-22(28)26(18)21-16-24(19-10-5-6-11-20(19)27(21)29)33-34(30,31)25-13-8-7-12-23(25)32-3/h4-16,28-29,33H,1-3H3/b9-4-. The third-order valence-electron chi connectivity index (χ3n) is 5.66. The van der Waals surface area contributed by atoms with Crippen molar-refractivity contribution in [3.8, 4) is 28.4 Å². The van der Waals surface area contributed by atoms with Gasteiger partial charge in [0.05, 0.1) is 7.11 Å². The Labute approximate surface area is 200 Å². The molecule has 0 aliphatic carbocycles. The Balaban J connectivity index is 2.00. The monoisotopic (exact) mass is 492 g/mol. The van der Waals surface area contributed by atoms with Crippen LogP contribution >= 0.6 is 7.78 Å². The maximum atomic E-state index is 13.5. The number of methoxy groups -OCH3 is 1. The van der Waals surface area contributed by atoms with Gasteiger partial charge in [-0.2, -0.15) is 0 Å². The molecule has 4 aromatic rings. The van der Waals surface area contributed by atoms with E-state index in [0.29, 0.717) is 27.2 Å². The van der Waals surface area contributed by atoms with Crippen LogP contribution in [-0.4, -0.2) is 25.7 Å². The lowest BCUT2D eigenvalue weighted by Gasteiger charge is -2.18. The average molecular weight is 493 g/mol. The SMILES string of the molecule is C/C=C\c1c(C)ccc(O)c1-c1cc(PS(=O)(=O)c2ccccc2OC)c2ccccc2c1O. The molecule has 1 unspecified atom stereocenters. The summed E-state index contributed by atoms with van der Waals surface area (Å²) in [7, 11) is -2.94. The Morgan fingerprint density at radius 2 is 1.62 bits per heavy atom. The van der Waals surface area contributed by atoms with Gasteiger partial charge >= 0.3 is 0 Å². The van der Waals surface area contributed by atoms with E-state index in [0.717, 1.165) is 11.1 Å². The first-order chi connectivity index (χ1) is 16.3. The number of aromatic hydroxyl groups is 2. The van der Waals surface area contributed by atoms with E-state index in [4.69, 9.17) is 4.74 Å². The zero-order valence-electron chi connectivity index (χ0n) is 19.0. The first kappa shape index (κ1) is 23.8. The van der Waals surface area contributed by atoms with Crippen LogP contribution in [0.25, 0.3) is 28.0 Å². The lowest BCUT2D eigenvalue weighted by atomic mass is 9.92. The highest BCUT2D eigenvalue weighted by atomic mass is 32.8. The normalized spacial score (nSPS) is 12.2. The molecule has 5 nitrogen and oxygen atoms in total. The van der Waals surface area contributed by atoms with E-state index >= 15 is 0 Å². The third kappa shape index (κ3) is 4.27. The van der Waals surface area contributed by atoms with Crippen LogP contribution in [-0.2, 0) is 9.46 Å². The molecule has 2 N–H and O–H groups in total. The smallest absolute Gasteiger partial charge is 0.199 e. The zero-order valence-corrected chi connectivity index (χ0v) is 20.8. The number of para-hydroxylation sites is 1. The molecule has 0 aromatic heterocycles. The Morgan fingerprint density at radius 1 is 0.941 bits per heavy atom. The van der Waals surface area contributed by atoms with Gasteiger partial charge in [-0.15, -0.1) is 0 Å². The van der Waals surface area contributed by atoms with Gasteiger partial charge in [-0.1, -0.05) is 54.6 Å². The summed E-state index contributed by atoms with van der Waals surface area (Å²) in [5.41, 5.74) is 2.52. The number of fused-ring (bicyclic) bond motifs is 1. The minimum atomic E-state index is -3.75. The molecule has 0 aliphatic heterocycles. The summed E-state index contributed by atoms with van der Waals surface area (Å²) < 4.78 is 32.2. The average Bonchev–Trinajstić information content (AvgIpc) is 2.84. The molecule has 0 radical (unpaired) electrons. The van der Waals surface area contributed by atoms with Gasteiger partial charge in [0.25, 0.3) is 0 Å². The predicted molar refractivity (Wildman–Crippen MR) is 140 cm³/mol. The molecule has 0 saturated carbocycles. The highest BCUT2D eigenvalue weighted by Crippen LogP contribution is 2.45. The van der Waals surface area contributed by atoms with Gasteiger partial charge in [0.15, 0.2) is 9.46 Å². The minimum absolute atomic E-state index is 0.00569. The zero-order chi connectivity index (χ0) is 24.5. The molecule has 0 saturated heterocycles. The molecule has 0 amide bonds. The summed E-state index contributed by atoms with van der Waals surface area (Å²) in [4.78, 5) is 0.113. The second-order valence-corrected chi connectivity index (χ2v) is 12.2. The van der Waals surface area contributed by atoms with E-state index in [-0.39, 0.29) is 22.1 Å². The first-order valence-corrected chi connectivity index (χ1v) is 13.9. The van der Waals surface area contributed by atoms with Crippen molar-refractivity contribution >= 4 is 39.4 Å². The number of phenols is 2. The molecule has 34 heavy (non-hydrogen) atoms. The van der Waals surface area contributed by atoms with Gasteiger partial charge in [0.2, 0.25) is 0 Å². The van der Waals surface area contributed by atoms with Gasteiger partial charge in [0.1, 0.15) is 22.1 Å². The summed E-state index contributed by atoms with van der Waals surface area (Å²) in [6.45, 7) is 3.80. The van der Waals surface area contributed by atoms with E-state index in [9.17, 15) is 18.6 Å². The van der Waals surface area contributed by atoms with Crippen LogP contribution in [0.4, 0.5) is 0 Å². The Bertz CT molecular complexity index is 1520. The van der Waals surface area contributed by atoms with Crippen molar-refractivity contribution in [3.63, 3.8) is 0 Å². The van der Waals surface area contributed by atoms with Crippen LogP contribution in [0.15, 0.2) is 77.7 Å². The summed E-state index contributed by atoms with van der Waals surface area (Å²) >= 11 is 0. The summed E-state index contributed by atoms with van der Waals surface area (Å²) in [6.07, 6.45) is 3.73. The van der Waals surface area contributed by atoms with Gasteiger partial charge in [-0.05, 0) is 59.9 Å². The molecule has 7 heteroatoms. The van der Waals surface area contributed by atoms with Crippen LogP contribution < -0.4 is 10.0 Å².